The Morgan fingerprint density at radius 1 is 1.12 bits per heavy atom. The van der Waals surface area contributed by atoms with Gasteiger partial charge in [-0.3, -0.25) is 8.42 Å². The first-order valence-corrected chi connectivity index (χ1v) is 2.00. The Morgan fingerprint density at radius 3 is 1.12 bits per heavy atom. The van der Waals surface area contributed by atoms with E-state index >= 15 is 0 Å². The van der Waals surface area contributed by atoms with Crippen LogP contribution in [0.2, 0.25) is 0 Å². The predicted molar refractivity (Wildman–Crippen MR) is 23.6 cm³/mol. The van der Waals surface area contributed by atoms with E-state index in [1.807, 2.05) is 0 Å². The zero-order valence-electron chi connectivity index (χ0n) is 3.86. The fraction of sp³-hybridized carbons (Fsp3) is 0. The molecule has 0 amide bonds. The number of hydrogen-bond donors (Lipinski definition) is 0. The van der Waals surface area contributed by atoms with Crippen LogP contribution in [0.1, 0.15) is 0 Å². The van der Waals surface area contributed by atoms with Crippen LogP contribution in [-0.2, 0) is 43.4 Å². The van der Waals surface area contributed by atoms with Crippen LogP contribution in [0.25, 0.3) is 0 Å². The maximum absolute atomic E-state index is 8.52. The molecular formula is BaO4S2Zn. The van der Waals surface area contributed by atoms with Gasteiger partial charge in [0.25, 0.3) is 0 Å². The molecule has 0 aliphatic heterocycles. The van der Waals surface area contributed by atoms with Gasteiger partial charge in [-0.2, -0.15) is 0 Å². The Balaban J connectivity index is -0.0000000267. The fourth-order valence-electron chi connectivity index (χ4n) is 0. The van der Waals surface area contributed by atoms with Crippen LogP contribution >= 0.6 is 0 Å². The summed E-state index contributed by atoms with van der Waals surface area (Å²) < 4.78 is 34.1. The summed E-state index contributed by atoms with van der Waals surface area (Å²) in [7, 11) is -5.17. The molecular weight excluding hydrogens is 331 g/mol. The van der Waals surface area contributed by atoms with Gasteiger partial charge in [-0.15, -0.1) is 0 Å². The van der Waals surface area contributed by atoms with Crippen molar-refractivity contribution in [2.75, 3.05) is 0 Å². The second-order valence-corrected chi connectivity index (χ2v) is 1.22. The summed E-state index contributed by atoms with van der Waals surface area (Å²) in [5, 5.41) is 0. The molecule has 0 N–H and O–H groups in total. The molecule has 0 unspecified atom stereocenters. The van der Waals surface area contributed by atoms with Crippen molar-refractivity contribution in [1.82, 2.24) is 0 Å². The average molecular weight is 331 g/mol. The van der Waals surface area contributed by atoms with E-state index in [1.54, 1.807) is 0 Å². The predicted octanol–water partition coefficient (Wildman–Crippen LogP) is -1.72. The van der Waals surface area contributed by atoms with E-state index < -0.39 is 10.4 Å². The first-order chi connectivity index (χ1) is 2.00. The van der Waals surface area contributed by atoms with Crippen molar-refractivity contribution in [3.8, 4) is 0 Å². The molecule has 0 aromatic heterocycles. The maximum Gasteiger partial charge on any atom is 2.00 e. The zero-order valence-corrected chi connectivity index (χ0v) is 12.9. The van der Waals surface area contributed by atoms with Gasteiger partial charge < -0.3 is 22.6 Å². The molecule has 0 spiro atoms. The monoisotopic (exact) mass is 330 g/mol. The second-order valence-electron chi connectivity index (χ2n) is 0.408. The van der Waals surface area contributed by atoms with E-state index in [4.69, 9.17) is 17.5 Å². The average Bonchev–Trinajstić information content (AvgIpc) is 0.722. The van der Waals surface area contributed by atoms with Gasteiger partial charge in [0.1, 0.15) is 0 Å². The van der Waals surface area contributed by atoms with Crippen LogP contribution in [0.15, 0.2) is 0 Å². The molecule has 8 heteroatoms. The second kappa shape index (κ2) is 9.41. The van der Waals surface area contributed by atoms with Crippen molar-refractivity contribution in [3.63, 3.8) is 0 Å². The van der Waals surface area contributed by atoms with Crippen molar-refractivity contribution in [2.45, 2.75) is 0 Å². The van der Waals surface area contributed by atoms with Gasteiger partial charge in [-0.1, -0.05) is 0 Å². The van der Waals surface area contributed by atoms with Crippen molar-refractivity contribution < 1.29 is 37.0 Å². The Hall–Kier alpha value is 2.41. The summed E-state index contributed by atoms with van der Waals surface area (Å²) in [6.07, 6.45) is 0. The van der Waals surface area contributed by atoms with Gasteiger partial charge >= 0.3 is 68.4 Å². The summed E-state index contributed by atoms with van der Waals surface area (Å²) in [5.41, 5.74) is 0. The summed E-state index contributed by atoms with van der Waals surface area (Å²) in [6.45, 7) is 0. The Morgan fingerprint density at radius 2 is 1.12 bits per heavy atom. The van der Waals surface area contributed by atoms with Crippen molar-refractivity contribution in [3.05, 3.63) is 0 Å². The van der Waals surface area contributed by atoms with Crippen molar-refractivity contribution in [1.29, 1.82) is 0 Å². The number of rotatable bonds is 0. The number of hydrogen-bond acceptors (Lipinski definition) is 4. The molecule has 0 saturated carbocycles. The van der Waals surface area contributed by atoms with Gasteiger partial charge in [-0.25, -0.2) is 0 Å². The topological polar surface area (TPSA) is 80.3 Å². The molecule has 40 valence electrons. The Bertz CT molecular complexity index is 97.2. The van der Waals surface area contributed by atoms with Crippen LogP contribution < -0.4 is 0 Å². The SMILES string of the molecule is O=S(=O)([O-])[O-].[Ba+2].[S-2].[Zn+2]. The van der Waals surface area contributed by atoms with E-state index in [0.717, 1.165) is 0 Å². The molecule has 0 fully saturated rings. The molecule has 4 nitrogen and oxygen atoms in total. The zero-order chi connectivity index (χ0) is 4.50. The molecule has 0 saturated heterocycles. The molecule has 0 aliphatic rings. The minimum atomic E-state index is -5.17. The van der Waals surface area contributed by atoms with E-state index in [2.05, 4.69) is 0 Å². The van der Waals surface area contributed by atoms with Crippen LogP contribution in [-0.4, -0.2) is 66.4 Å². The third kappa shape index (κ3) is 79.3. The first-order valence-electron chi connectivity index (χ1n) is 0.667. The van der Waals surface area contributed by atoms with Gasteiger partial charge in [-0.05, 0) is 0 Å². The van der Waals surface area contributed by atoms with Gasteiger partial charge in [0.15, 0.2) is 0 Å². The minimum absolute atomic E-state index is 0. The van der Waals surface area contributed by atoms with Crippen LogP contribution in [0, 0.1) is 0 Å². The molecule has 0 aromatic rings. The van der Waals surface area contributed by atoms with Gasteiger partial charge in [0, 0.05) is 10.4 Å². The van der Waals surface area contributed by atoms with E-state index in [9.17, 15) is 0 Å². The largest absolute Gasteiger partial charge is 2.00 e. The van der Waals surface area contributed by atoms with Crippen LogP contribution in [0.3, 0.4) is 0 Å². The Kier molecular flexibility index (Phi) is 26.4. The quantitative estimate of drug-likeness (QED) is 0.300. The summed E-state index contributed by atoms with van der Waals surface area (Å²) in [4.78, 5) is 0. The molecule has 0 atom stereocenters. The molecule has 0 aromatic carbocycles. The third-order valence-corrected chi connectivity index (χ3v) is 0. The molecule has 0 heterocycles. The normalized spacial score (nSPS) is 7.25. The molecule has 0 bridgehead atoms. The summed E-state index contributed by atoms with van der Waals surface area (Å²) in [5.74, 6) is 0. The maximum atomic E-state index is 8.52. The third-order valence-electron chi connectivity index (χ3n) is 0. The van der Waals surface area contributed by atoms with E-state index in [-0.39, 0.29) is 81.9 Å². The van der Waals surface area contributed by atoms with Crippen molar-refractivity contribution >= 4 is 72.8 Å². The summed E-state index contributed by atoms with van der Waals surface area (Å²) in [6, 6.07) is 0. The van der Waals surface area contributed by atoms with E-state index in [0.29, 0.717) is 0 Å². The Labute approximate surface area is 108 Å². The van der Waals surface area contributed by atoms with Crippen molar-refractivity contribution in [2.24, 2.45) is 0 Å². The smallest absolute Gasteiger partial charge is 2.00 e. The molecule has 0 aliphatic carbocycles. The van der Waals surface area contributed by atoms with Gasteiger partial charge in [0.05, 0.1) is 0 Å². The molecule has 0 radical (unpaired) electrons. The first kappa shape index (κ1) is 22.4. The van der Waals surface area contributed by atoms with Crippen LogP contribution in [0.5, 0.6) is 0 Å². The standard InChI is InChI=1S/Ba.H2O4S.S.Zn/c;1-5(2,3)4;;/h;(H2,1,2,3,4);;/q+2;;-2;+2/p-2. The van der Waals surface area contributed by atoms with Gasteiger partial charge in [0.2, 0.25) is 0 Å². The molecule has 8 heavy (non-hydrogen) atoms. The van der Waals surface area contributed by atoms with Crippen LogP contribution in [0.4, 0.5) is 0 Å². The summed E-state index contributed by atoms with van der Waals surface area (Å²) >= 11 is 0. The fourth-order valence-corrected chi connectivity index (χ4v) is 0. The molecule has 0 rings (SSSR count). The van der Waals surface area contributed by atoms with E-state index in [1.165, 1.54) is 0 Å². The minimum Gasteiger partial charge on any atom is -2.00 e.